The zero-order valence-corrected chi connectivity index (χ0v) is 10.5. The summed E-state index contributed by atoms with van der Waals surface area (Å²) in [6.07, 6.45) is 5.68. The van der Waals surface area contributed by atoms with Crippen LogP contribution in [0, 0.1) is 0 Å². The Morgan fingerprint density at radius 2 is 2.38 bits per heavy atom. The minimum absolute atomic E-state index is 0.144. The molecule has 1 aromatic heterocycles. The van der Waals surface area contributed by atoms with Crippen LogP contribution in [-0.2, 0) is 7.05 Å². The number of nitrogen functional groups attached to an aromatic ring is 1. The maximum absolute atomic E-state index is 11.7. The molecule has 16 heavy (non-hydrogen) atoms. The van der Waals surface area contributed by atoms with Gasteiger partial charge in [-0.25, -0.2) is 0 Å². The van der Waals surface area contributed by atoms with Crippen LogP contribution in [-0.4, -0.2) is 34.2 Å². The lowest BCUT2D eigenvalue weighted by Crippen LogP contribution is -2.25. The molecule has 0 atom stereocenters. The van der Waals surface area contributed by atoms with Gasteiger partial charge in [0.15, 0.2) is 0 Å². The van der Waals surface area contributed by atoms with E-state index in [0.717, 1.165) is 18.6 Å². The van der Waals surface area contributed by atoms with Crippen LogP contribution >= 0.6 is 11.8 Å². The van der Waals surface area contributed by atoms with E-state index in [9.17, 15) is 4.79 Å². The Hall–Kier alpha value is -1.17. The first-order chi connectivity index (χ1) is 7.66. The van der Waals surface area contributed by atoms with E-state index in [1.54, 1.807) is 7.05 Å². The summed E-state index contributed by atoms with van der Waals surface area (Å²) in [7, 11) is 1.71. The molecule has 1 aromatic rings. The minimum atomic E-state index is -0.144. The van der Waals surface area contributed by atoms with Crippen molar-refractivity contribution in [1.82, 2.24) is 15.1 Å². The number of rotatable bonds is 6. The highest BCUT2D eigenvalue weighted by atomic mass is 32.2. The number of nitrogens with zero attached hydrogens (tertiary/aromatic N) is 2. The average Bonchev–Trinajstić information content (AvgIpc) is 2.59. The third-order valence-electron chi connectivity index (χ3n) is 2.29. The summed E-state index contributed by atoms with van der Waals surface area (Å²) in [4.78, 5) is 11.7. The van der Waals surface area contributed by atoms with E-state index >= 15 is 0 Å². The van der Waals surface area contributed by atoms with Crippen LogP contribution in [0.25, 0.3) is 0 Å². The quantitative estimate of drug-likeness (QED) is 0.726. The molecule has 0 aliphatic rings. The van der Waals surface area contributed by atoms with Gasteiger partial charge in [0.1, 0.15) is 11.4 Å². The van der Waals surface area contributed by atoms with Gasteiger partial charge < -0.3 is 11.1 Å². The van der Waals surface area contributed by atoms with Crippen molar-refractivity contribution in [3.63, 3.8) is 0 Å². The van der Waals surface area contributed by atoms with Gasteiger partial charge in [0.25, 0.3) is 5.91 Å². The van der Waals surface area contributed by atoms with Crippen LogP contribution < -0.4 is 11.1 Å². The van der Waals surface area contributed by atoms with E-state index < -0.39 is 0 Å². The molecule has 5 nitrogen and oxygen atoms in total. The lowest BCUT2D eigenvalue weighted by atomic mass is 10.3. The zero-order chi connectivity index (χ0) is 12.0. The average molecular weight is 242 g/mol. The third kappa shape index (κ3) is 3.44. The Balaban J connectivity index is 2.33. The second kappa shape index (κ2) is 6.42. The van der Waals surface area contributed by atoms with Gasteiger partial charge in [-0.15, -0.1) is 0 Å². The number of nitrogens with one attached hydrogen (secondary N) is 1. The Kier molecular flexibility index (Phi) is 5.18. The Morgan fingerprint density at radius 3 is 2.94 bits per heavy atom. The number of hydrogen-bond acceptors (Lipinski definition) is 4. The van der Waals surface area contributed by atoms with Gasteiger partial charge in [-0.3, -0.25) is 9.48 Å². The van der Waals surface area contributed by atoms with Crippen LogP contribution in [0.5, 0.6) is 0 Å². The van der Waals surface area contributed by atoms with Crippen molar-refractivity contribution < 1.29 is 4.79 Å². The number of nitrogens with two attached hydrogens (primary N) is 1. The number of carbonyl (C=O) groups excluding carboxylic acids is 1. The standard InChI is InChI=1S/C10H18N4OS/c1-14-9(11)8(7-13-14)10(15)12-5-3-4-6-16-2/h7H,3-6,11H2,1-2H3,(H,12,15). The molecule has 1 heterocycles. The largest absolute Gasteiger partial charge is 0.383 e. The molecule has 0 aromatic carbocycles. The molecule has 1 rings (SSSR count). The molecule has 0 aliphatic carbocycles. The van der Waals surface area contributed by atoms with Crippen molar-refractivity contribution in [1.29, 1.82) is 0 Å². The maximum Gasteiger partial charge on any atom is 0.256 e. The fraction of sp³-hybridized carbons (Fsp3) is 0.600. The Bertz CT molecular complexity index is 351. The number of thioether (sulfide) groups is 1. The summed E-state index contributed by atoms with van der Waals surface area (Å²) in [5, 5.41) is 6.75. The van der Waals surface area contributed by atoms with Crippen molar-refractivity contribution >= 4 is 23.5 Å². The first-order valence-electron chi connectivity index (χ1n) is 5.21. The van der Waals surface area contributed by atoms with E-state index in [1.165, 1.54) is 10.9 Å². The van der Waals surface area contributed by atoms with Gasteiger partial charge in [-0.05, 0) is 24.9 Å². The lowest BCUT2D eigenvalue weighted by molar-refractivity contribution is 0.0954. The lowest BCUT2D eigenvalue weighted by Gasteiger charge is -2.04. The molecular weight excluding hydrogens is 224 g/mol. The van der Waals surface area contributed by atoms with Gasteiger partial charge in [-0.2, -0.15) is 16.9 Å². The highest BCUT2D eigenvalue weighted by Crippen LogP contribution is 2.08. The van der Waals surface area contributed by atoms with Gasteiger partial charge in [0.2, 0.25) is 0 Å². The number of amides is 1. The van der Waals surface area contributed by atoms with Gasteiger partial charge in [-0.1, -0.05) is 0 Å². The number of aromatic nitrogens is 2. The fourth-order valence-corrected chi connectivity index (χ4v) is 1.78. The zero-order valence-electron chi connectivity index (χ0n) is 9.69. The van der Waals surface area contributed by atoms with Crippen LogP contribution in [0.3, 0.4) is 0 Å². The highest BCUT2D eigenvalue weighted by Gasteiger charge is 2.12. The maximum atomic E-state index is 11.7. The normalized spacial score (nSPS) is 10.4. The SMILES string of the molecule is CSCCCCNC(=O)c1cnn(C)c1N. The Labute approximate surface area is 99.8 Å². The smallest absolute Gasteiger partial charge is 0.256 e. The van der Waals surface area contributed by atoms with Crippen LogP contribution in [0.2, 0.25) is 0 Å². The molecule has 0 radical (unpaired) electrons. The molecule has 0 saturated carbocycles. The molecule has 0 spiro atoms. The predicted octanol–water partition coefficient (Wildman–Crippen LogP) is 0.875. The summed E-state index contributed by atoms with van der Waals surface area (Å²) in [6.45, 7) is 0.688. The highest BCUT2D eigenvalue weighted by molar-refractivity contribution is 7.98. The minimum Gasteiger partial charge on any atom is -0.383 e. The summed E-state index contributed by atoms with van der Waals surface area (Å²) in [5.74, 6) is 1.39. The molecule has 0 bridgehead atoms. The van der Waals surface area contributed by atoms with Crippen LogP contribution in [0.4, 0.5) is 5.82 Å². The second-order valence-corrected chi connectivity index (χ2v) is 4.51. The topological polar surface area (TPSA) is 72.9 Å². The van der Waals surface area contributed by atoms with Crippen molar-refractivity contribution in [3.05, 3.63) is 11.8 Å². The number of unbranched alkanes of at least 4 members (excludes halogenated alkanes) is 1. The Morgan fingerprint density at radius 1 is 1.62 bits per heavy atom. The third-order valence-corrected chi connectivity index (χ3v) is 2.99. The molecule has 0 saturated heterocycles. The van der Waals surface area contributed by atoms with Gasteiger partial charge >= 0.3 is 0 Å². The fourth-order valence-electron chi connectivity index (χ4n) is 1.29. The molecule has 90 valence electrons. The summed E-state index contributed by atoms with van der Waals surface area (Å²) >= 11 is 1.82. The first kappa shape index (κ1) is 12.9. The molecule has 6 heteroatoms. The van der Waals surface area contributed by atoms with Crippen molar-refractivity contribution in [2.24, 2.45) is 7.05 Å². The number of hydrogen-bond donors (Lipinski definition) is 2. The molecule has 0 unspecified atom stereocenters. The van der Waals surface area contributed by atoms with Gasteiger partial charge in [0, 0.05) is 13.6 Å². The summed E-state index contributed by atoms with van der Waals surface area (Å²) in [6, 6.07) is 0. The van der Waals surface area contributed by atoms with Crippen LogP contribution in [0.1, 0.15) is 23.2 Å². The van der Waals surface area contributed by atoms with Crippen LogP contribution in [0.15, 0.2) is 6.20 Å². The molecule has 0 aliphatic heterocycles. The van der Waals surface area contributed by atoms with E-state index in [-0.39, 0.29) is 5.91 Å². The second-order valence-electron chi connectivity index (χ2n) is 3.52. The van der Waals surface area contributed by atoms with E-state index in [2.05, 4.69) is 16.7 Å². The van der Waals surface area contributed by atoms with Crippen molar-refractivity contribution in [3.8, 4) is 0 Å². The van der Waals surface area contributed by atoms with E-state index in [4.69, 9.17) is 5.73 Å². The van der Waals surface area contributed by atoms with Crippen molar-refractivity contribution in [2.75, 3.05) is 24.3 Å². The molecule has 1 amide bonds. The molecule has 3 N–H and O–H groups in total. The summed E-state index contributed by atoms with van der Waals surface area (Å²) in [5.41, 5.74) is 6.14. The number of carbonyl (C=O) groups is 1. The first-order valence-corrected chi connectivity index (χ1v) is 6.60. The number of anilines is 1. The molecule has 0 fully saturated rings. The van der Waals surface area contributed by atoms with E-state index in [0.29, 0.717) is 17.9 Å². The molecular formula is C10H18N4OS. The monoisotopic (exact) mass is 242 g/mol. The number of aryl methyl sites for hydroxylation is 1. The van der Waals surface area contributed by atoms with Crippen molar-refractivity contribution in [2.45, 2.75) is 12.8 Å². The predicted molar refractivity (Wildman–Crippen MR) is 67.6 cm³/mol. The van der Waals surface area contributed by atoms with Gasteiger partial charge in [0.05, 0.1) is 6.20 Å². The van der Waals surface area contributed by atoms with E-state index in [1.807, 2.05) is 11.8 Å². The summed E-state index contributed by atoms with van der Waals surface area (Å²) < 4.78 is 1.49.